The van der Waals surface area contributed by atoms with E-state index in [9.17, 15) is 13.6 Å². The Hall–Kier alpha value is -3.62. The lowest BCUT2D eigenvalue weighted by molar-refractivity contribution is 0.102. The van der Waals surface area contributed by atoms with Gasteiger partial charge in [-0.1, -0.05) is 28.9 Å². The van der Waals surface area contributed by atoms with Gasteiger partial charge in [0.25, 0.3) is 11.9 Å². The fourth-order valence-electron chi connectivity index (χ4n) is 3.40. The van der Waals surface area contributed by atoms with Crippen molar-refractivity contribution in [2.75, 3.05) is 23.3 Å². The van der Waals surface area contributed by atoms with Crippen LogP contribution < -0.4 is 10.2 Å². The van der Waals surface area contributed by atoms with Crippen LogP contribution in [0.2, 0.25) is 0 Å². The average molecular weight is 410 g/mol. The van der Waals surface area contributed by atoms with Crippen molar-refractivity contribution < 1.29 is 13.6 Å². The van der Waals surface area contributed by atoms with Crippen LogP contribution in [0.15, 0.2) is 48.0 Å². The van der Waals surface area contributed by atoms with E-state index in [0.29, 0.717) is 18.2 Å². The number of amides is 1. The van der Waals surface area contributed by atoms with Crippen LogP contribution in [-0.4, -0.2) is 39.2 Å². The van der Waals surface area contributed by atoms with E-state index in [0.717, 1.165) is 30.2 Å². The summed E-state index contributed by atoms with van der Waals surface area (Å²) < 4.78 is 27.2. The van der Waals surface area contributed by atoms with Crippen molar-refractivity contribution >= 4 is 23.1 Å². The second kappa shape index (κ2) is 8.02. The zero-order chi connectivity index (χ0) is 21.3. The molecule has 1 N–H and O–H groups in total. The molecule has 0 aliphatic carbocycles. The molecule has 0 radical (unpaired) electrons. The molecule has 2 heterocycles. The van der Waals surface area contributed by atoms with E-state index in [1.807, 2.05) is 12.1 Å². The van der Waals surface area contributed by atoms with Gasteiger partial charge in [-0.15, -0.1) is 5.10 Å². The molecule has 0 bridgehead atoms. The Bertz CT molecular complexity index is 1120. The summed E-state index contributed by atoms with van der Waals surface area (Å²) in [6.07, 6.45) is 0.880. The number of rotatable bonds is 4. The highest BCUT2D eigenvalue weighted by Crippen LogP contribution is 2.29. The first-order valence-corrected chi connectivity index (χ1v) is 9.46. The molecule has 3 aromatic rings. The van der Waals surface area contributed by atoms with E-state index in [2.05, 4.69) is 32.6 Å². The molecule has 0 fully saturated rings. The lowest BCUT2D eigenvalue weighted by atomic mass is 9.95. The van der Waals surface area contributed by atoms with Crippen LogP contribution >= 0.6 is 0 Å². The fraction of sp³-hybridized carbons (Fsp3) is 0.238. The van der Waals surface area contributed by atoms with Crippen molar-refractivity contribution in [1.29, 1.82) is 0 Å². The number of halogens is 2. The molecule has 9 heteroatoms. The second-order valence-electron chi connectivity index (χ2n) is 7.14. The summed E-state index contributed by atoms with van der Waals surface area (Å²) in [5.74, 6) is -2.33. The number of hydrogen-bond donors (Lipinski definition) is 1. The average Bonchev–Trinajstić information content (AvgIpc) is 3.17. The molecular formula is C21H20F2N6O. The van der Waals surface area contributed by atoms with Crippen LogP contribution in [0.4, 0.5) is 20.4 Å². The molecule has 7 nitrogen and oxygen atoms in total. The van der Waals surface area contributed by atoms with Crippen LogP contribution in [0.1, 0.15) is 29.3 Å². The first-order valence-electron chi connectivity index (χ1n) is 9.46. The van der Waals surface area contributed by atoms with E-state index in [1.54, 1.807) is 19.2 Å². The summed E-state index contributed by atoms with van der Waals surface area (Å²) >= 11 is 0. The number of carbonyl (C=O) groups excluding carboxylic acids is 1. The van der Waals surface area contributed by atoms with Gasteiger partial charge in [-0.25, -0.2) is 8.78 Å². The van der Waals surface area contributed by atoms with E-state index in [-0.39, 0.29) is 5.56 Å². The number of hydrogen-bond acceptors (Lipinski definition) is 5. The molecule has 1 aromatic heterocycles. The van der Waals surface area contributed by atoms with Gasteiger partial charge in [0.15, 0.2) is 11.6 Å². The lowest BCUT2D eigenvalue weighted by Crippen LogP contribution is -2.31. The number of nitrogens with one attached hydrogen (secondary N) is 1. The molecular weight excluding hydrogens is 390 g/mol. The maximum atomic E-state index is 13.8. The monoisotopic (exact) mass is 410 g/mol. The molecule has 1 aliphatic rings. The topological polar surface area (TPSA) is 75.9 Å². The third-order valence-electron chi connectivity index (χ3n) is 5.09. The Balaban J connectivity index is 1.50. The molecule has 4 rings (SSSR count). The SMILES string of the molecule is CC1=C(c2ccc(NC(=O)c3cccc(F)c3F)cc2)CN(c2nnn(C)n2)CC1. The largest absolute Gasteiger partial charge is 0.334 e. The Morgan fingerprint density at radius 2 is 1.90 bits per heavy atom. The van der Waals surface area contributed by atoms with Gasteiger partial charge in [-0.3, -0.25) is 4.79 Å². The lowest BCUT2D eigenvalue weighted by Gasteiger charge is -2.29. The molecule has 1 amide bonds. The van der Waals surface area contributed by atoms with Crippen molar-refractivity contribution in [3.05, 3.63) is 70.8 Å². The molecule has 1 aliphatic heterocycles. The Morgan fingerprint density at radius 1 is 1.13 bits per heavy atom. The molecule has 0 saturated heterocycles. The van der Waals surface area contributed by atoms with E-state index in [4.69, 9.17) is 0 Å². The summed E-state index contributed by atoms with van der Waals surface area (Å²) in [7, 11) is 1.73. The summed E-state index contributed by atoms with van der Waals surface area (Å²) in [4.78, 5) is 15.8. The summed E-state index contributed by atoms with van der Waals surface area (Å²) in [5.41, 5.74) is 3.60. The van der Waals surface area contributed by atoms with Crippen molar-refractivity contribution in [1.82, 2.24) is 20.2 Å². The third kappa shape index (κ3) is 3.91. The minimum absolute atomic E-state index is 0.336. The van der Waals surface area contributed by atoms with Crippen molar-refractivity contribution in [2.24, 2.45) is 7.05 Å². The van der Waals surface area contributed by atoms with Gasteiger partial charge in [0, 0.05) is 18.8 Å². The number of aromatic nitrogens is 4. The minimum Gasteiger partial charge on any atom is -0.334 e. The van der Waals surface area contributed by atoms with E-state index in [1.165, 1.54) is 22.5 Å². The van der Waals surface area contributed by atoms with Crippen LogP contribution in [-0.2, 0) is 7.05 Å². The minimum atomic E-state index is -1.16. The molecule has 0 unspecified atom stereocenters. The Morgan fingerprint density at radius 3 is 2.60 bits per heavy atom. The second-order valence-corrected chi connectivity index (χ2v) is 7.14. The number of nitrogens with zero attached hydrogens (tertiary/aromatic N) is 5. The van der Waals surface area contributed by atoms with Gasteiger partial charge in [0.2, 0.25) is 0 Å². The highest BCUT2D eigenvalue weighted by molar-refractivity contribution is 6.04. The van der Waals surface area contributed by atoms with Crippen molar-refractivity contribution in [3.63, 3.8) is 0 Å². The fourth-order valence-corrected chi connectivity index (χ4v) is 3.40. The normalized spacial score (nSPS) is 14.2. The van der Waals surface area contributed by atoms with E-state index < -0.39 is 17.5 Å². The van der Waals surface area contributed by atoms with Crippen LogP contribution in [0.25, 0.3) is 5.57 Å². The molecule has 0 saturated carbocycles. The number of carbonyl (C=O) groups is 1. The highest BCUT2D eigenvalue weighted by atomic mass is 19.2. The number of benzene rings is 2. The smallest absolute Gasteiger partial charge is 0.266 e. The molecule has 0 atom stereocenters. The zero-order valence-corrected chi connectivity index (χ0v) is 16.6. The van der Waals surface area contributed by atoms with Gasteiger partial charge in [-0.05, 0) is 54.0 Å². The zero-order valence-electron chi connectivity index (χ0n) is 16.6. The number of tetrazole rings is 1. The molecule has 2 aromatic carbocycles. The highest BCUT2D eigenvalue weighted by Gasteiger charge is 2.21. The van der Waals surface area contributed by atoms with Crippen LogP contribution in [0, 0.1) is 11.6 Å². The Kier molecular flexibility index (Phi) is 5.26. The van der Waals surface area contributed by atoms with Gasteiger partial charge in [0.1, 0.15) is 0 Å². The maximum Gasteiger partial charge on any atom is 0.266 e. The van der Waals surface area contributed by atoms with Crippen molar-refractivity contribution in [3.8, 4) is 0 Å². The summed E-state index contributed by atoms with van der Waals surface area (Å²) in [6, 6.07) is 10.8. The standard InChI is InChI=1S/C21H20F2N6O/c1-13-10-11-29(21-25-27-28(2)26-21)12-17(13)14-6-8-15(9-7-14)24-20(30)16-4-3-5-18(22)19(16)23/h3-9H,10-12H2,1-2H3,(H,24,30). The molecule has 154 valence electrons. The summed E-state index contributed by atoms with van der Waals surface area (Å²) in [6.45, 7) is 3.56. The quantitative estimate of drug-likeness (QED) is 0.713. The van der Waals surface area contributed by atoms with Gasteiger partial charge >= 0.3 is 0 Å². The molecule has 30 heavy (non-hydrogen) atoms. The summed E-state index contributed by atoms with van der Waals surface area (Å²) in [5, 5.41) is 14.8. The maximum absolute atomic E-state index is 13.8. The van der Waals surface area contributed by atoms with Crippen molar-refractivity contribution in [2.45, 2.75) is 13.3 Å². The van der Waals surface area contributed by atoms with Crippen LogP contribution in [0.3, 0.4) is 0 Å². The predicted octanol–water partition coefficient (Wildman–Crippen LogP) is 3.42. The van der Waals surface area contributed by atoms with Gasteiger partial charge in [-0.2, -0.15) is 4.80 Å². The molecule has 0 spiro atoms. The van der Waals surface area contributed by atoms with Gasteiger partial charge in [0.05, 0.1) is 12.6 Å². The third-order valence-corrected chi connectivity index (χ3v) is 5.09. The predicted molar refractivity (Wildman–Crippen MR) is 109 cm³/mol. The number of anilines is 2. The first-order chi connectivity index (χ1) is 14.4. The van der Waals surface area contributed by atoms with E-state index >= 15 is 0 Å². The van der Waals surface area contributed by atoms with Crippen LogP contribution in [0.5, 0.6) is 0 Å². The first kappa shape index (κ1) is 19.7. The number of aryl methyl sites for hydroxylation is 1. The van der Waals surface area contributed by atoms with Gasteiger partial charge < -0.3 is 10.2 Å². The Labute approximate surface area is 172 Å².